The molecular formula is C9H11NOS. The first kappa shape index (κ1) is 7.04. The summed E-state index contributed by atoms with van der Waals surface area (Å²) in [6.07, 6.45) is 2.68. The van der Waals surface area contributed by atoms with E-state index in [0.717, 1.165) is 18.2 Å². The summed E-state index contributed by atoms with van der Waals surface area (Å²) in [5.41, 5.74) is 1.12. The third-order valence-corrected chi connectivity index (χ3v) is 3.57. The van der Waals surface area contributed by atoms with E-state index in [1.54, 1.807) is 11.3 Å². The zero-order valence-corrected chi connectivity index (χ0v) is 7.86. The van der Waals surface area contributed by atoms with Gasteiger partial charge in [0.15, 0.2) is 0 Å². The number of rotatable bonds is 2. The smallest absolute Gasteiger partial charge is 0.131 e. The lowest BCUT2D eigenvalue weighted by molar-refractivity contribution is 0.324. The second kappa shape index (κ2) is 2.09. The summed E-state index contributed by atoms with van der Waals surface area (Å²) in [4.78, 5) is 4.60. The lowest BCUT2D eigenvalue weighted by atomic mass is 10.1. The van der Waals surface area contributed by atoms with Gasteiger partial charge in [0.2, 0.25) is 0 Å². The van der Waals surface area contributed by atoms with Crippen LogP contribution in [0.15, 0.2) is 5.38 Å². The number of thiazole rings is 1. The molecule has 0 spiro atoms. The Labute approximate surface area is 75.6 Å². The van der Waals surface area contributed by atoms with Crippen molar-refractivity contribution in [3.05, 3.63) is 16.1 Å². The Kier molecular flexibility index (Phi) is 1.23. The number of nitrogens with zero attached hydrogens (tertiary/aromatic N) is 1. The molecule has 0 amide bonds. The van der Waals surface area contributed by atoms with Crippen LogP contribution in [0.2, 0.25) is 0 Å². The molecule has 12 heavy (non-hydrogen) atoms. The maximum atomic E-state index is 5.34. The first-order chi connectivity index (χ1) is 5.78. The zero-order valence-electron chi connectivity index (χ0n) is 7.04. The summed E-state index contributed by atoms with van der Waals surface area (Å²) in [6, 6.07) is 0. The van der Waals surface area contributed by atoms with Crippen LogP contribution in [-0.4, -0.2) is 11.6 Å². The van der Waals surface area contributed by atoms with Crippen LogP contribution in [0, 0.1) is 0 Å². The van der Waals surface area contributed by atoms with Gasteiger partial charge in [0.1, 0.15) is 5.60 Å². The van der Waals surface area contributed by atoms with Gasteiger partial charge in [0.05, 0.1) is 17.3 Å². The normalized spacial score (nSPS) is 33.8. The molecule has 1 aromatic rings. The van der Waals surface area contributed by atoms with E-state index in [2.05, 4.69) is 17.3 Å². The van der Waals surface area contributed by atoms with Crippen LogP contribution in [-0.2, 0) is 10.3 Å². The highest BCUT2D eigenvalue weighted by molar-refractivity contribution is 7.09. The second-order valence-electron chi connectivity index (χ2n) is 3.86. The van der Waals surface area contributed by atoms with Crippen LogP contribution in [0.1, 0.15) is 36.4 Å². The van der Waals surface area contributed by atoms with Crippen molar-refractivity contribution in [1.82, 2.24) is 4.98 Å². The average Bonchev–Trinajstić information content (AvgIpc) is 2.97. The van der Waals surface area contributed by atoms with Gasteiger partial charge in [-0.15, -0.1) is 11.3 Å². The number of ether oxygens (including phenoxy) is 1. The molecular weight excluding hydrogens is 170 g/mol. The van der Waals surface area contributed by atoms with Crippen LogP contribution in [0.5, 0.6) is 0 Å². The third-order valence-electron chi connectivity index (χ3n) is 2.57. The summed E-state index contributed by atoms with van der Waals surface area (Å²) in [6.45, 7) is 2.96. The van der Waals surface area contributed by atoms with Crippen LogP contribution in [0.3, 0.4) is 0 Å². The number of epoxide rings is 1. The Morgan fingerprint density at radius 1 is 1.67 bits per heavy atom. The monoisotopic (exact) mass is 181 g/mol. The van der Waals surface area contributed by atoms with Crippen LogP contribution in [0.25, 0.3) is 0 Å². The van der Waals surface area contributed by atoms with E-state index in [4.69, 9.17) is 4.74 Å². The Morgan fingerprint density at radius 3 is 3.00 bits per heavy atom. The number of hydrogen-bond donors (Lipinski definition) is 0. The molecule has 1 saturated carbocycles. The molecule has 1 atom stereocenters. The van der Waals surface area contributed by atoms with Gasteiger partial charge in [-0.2, -0.15) is 0 Å². The van der Waals surface area contributed by atoms with Crippen molar-refractivity contribution in [3.63, 3.8) is 0 Å². The van der Waals surface area contributed by atoms with Crippen molar-refractivity contribution >= 4 is 11.3 Å². The number of aromatic nitrogens is 1. The maximum Gasteiger partial charge on any atom is 0.131 e. The minimum atomic E-state index is -0.0242. The predicted molar refractivity (Wildman–Crippen MR) is 47.4 cm³/mol. The van der Waals surface area contributed by atoms with Crippen LogP contribution in [0.4, 0.5) is 0 Å². The fourth-order valence-electron chi connectivity index (χ4n) is 1.30. The lowest BCUT2D eigenvalue weighted by Crippen LogP contribution is -2.02. The van der Waals surface area contributed by atoms with E-state index < -0.39 is 0 Å². The van der Waals surface area contributed by atoms with E-state index in [0.29, 0.717) is 0 Å². The van der Waals surface area contributed by atoms with Gasteiger partial charge in [-0.05, 0) is 19.8 Å². The molecule has 2 heterocycles. The van der Waals surface area contributed by atoms with Gasteiger partial charge >= 0.3 is 0 Å². The molecule has 3 rings (SSSR count). The van der Waals surface area contributed by atoms with E-state index in [9.17, 15) is 0 Å². The largest absolute Gasteiger partial charge is 0.363 e. The Bertz CT molecular complexity index is 312. The summed E-state index contributed by atoms with van der Waals surface area (Å²) in [5, 5.41) is 3.47. The summed E-state index contributed by atoms with van der Waals surface area (Å²) in [7, 11) is 0. The Hall–Kier alpha value is -0.410. The fourth-order valence-corrected chi connectivity index (χ4v) is 2.42. The molecule has 1 unspecified atom stereocenters. The quantitative estimate of drug-likeness (QED) is 0.654. The van der Waals surface area contributed by atoms with Crippen molar-refractivity contribution < 1.29 is 4.74 Å². The topological polar surface area (TPSA) is 25.4 Å². The Morgan fingerprint density at radius 2 is 2.42 bits per heavy atom. The van der Waals surface area contributed by atoms with Crippen molar-refractivity contribution in [2.24, 2.45) is 0 Å². The van der Waals surface area contributed by atoms with Crippen LogP contribution >= 0.6 is 11.3 Å². The summed E-state index contributed by atoms with van der Waals surface area (Å²) < 4.78 is 5.34. The standard InChI is InChI=1S/C9H11NOS/c1-9(5-11-9)7-4-12-8(10-7)6-2-3-6/h4,6H,2-3,5H2,1H3. The van der Waals surface area contributed by atoms with Crippen molar-refractivity contribution in [1.29, 1.82) is 0 Å². The van der Waals surface area contributed by atoms with Gasteiger partial charge in [-0.3, -0.25) is 0 Å². The highest BCUT2D eigenvalue weighted by atomic mass is 32.1. The predicted octanol–water partition coefficient (Wildman–Crippen LogP) is 2.27. The molecule has 0 radical (unpaired) electrons. The van der Waals surface area contributed by atoms with E-state index >= 15 is 0 Å². The lowest BCUT2D eigenvalue weighted by Gasteiger charge is -1.97. The van der Waals surface area contributed by atoms with Gasteiger partial charge in [0.25, 0.3) is 0 Å². The minimum absolute atomic E-state index is 0.0242. The highest BCUT2D eigenvalue weighted by Crippen LogP contribution is 2.44. The van der Waals surface area contributed by atoms with Gasteiger partial charge < -0.3 is 4.74 Å². The molecule has 1 saturated heterocycles. The first-order valence-corrected chi connectivity index (χ1v) is 5.26. The Balaban J connectivity index is 1.91. The third kappa shape index (κ3) is 1.00. The highest BCUT2D eigenvalue weighted by Gasteiger charge is 2.44. The van der Waals surface area contributed by atoms with E-state index in [1.807, 2.05) is 0 Å². The summed E-state index contributed by atoms with van der Waals surface area (Å²) >= 11 is 1.80. The molecule has 0 N–H and O–H groups in total. The molecule has 3 heteroatoms. The fraction of sp³-hybridized carbons (Fsp3) is 0.667. The zero-order chi connectivity index (χ0) is 8.18. The molecule has 0 aromatic carbocycles. The molecule has 64 valence electrons. The van der Waals surface area contributed by atoms with E-state index in [1.165, 1.54) is 17.8 Å². The summed E-state index contributed by atoms with van der Waals surface area (Å²) in [5.74, 6) is 0.783. The minimum Gasteiger partial charge on any atom is -0.363 e. The van der Waals surface area contributed by atoms with E-state index in [-0.39, 0.29) is 5.60 Å². The molecule has 1 aliphatic heterocycles. The molecule has 2 nitrogen and oxygen atoms in total. The first-order valence-electron chi connectivity index (χ1n) is 4.38. The van der Waals surface area contributed by atoms with Crippen molar-refractivity contribution in [2.45, 2.75) is 31.3 Å². The SMILES string of the molecule is CC1(c2csc(C3CC3)n2)CO1. The van der Waals surface area contributed by atoms with Crippen LogP contribution < -0.4 is 0 Å². The molecule has 2 aliphatic rings. The average molecular weight is 181 g/mol. The van der Waals surface area contributed by atoms with Gasteiger partial charge in [0, 0.05) is 11.3 Å². The molecule has 0 bridgehead atoms. The molecule has 1 aromatic heterocycles. The maximum absolute atomic E-state index is 5.34. The van der Waals surface area contributed by atoms with Gasteiger partial charge in [-0.25, -0.2) is 4.98 Å². The number of hydrogen-bond acceptors (Lipinski definition) is 3. The molecule has 2 fully saturated rings. The molecule has 1 aliphatic carbocycles. The van der Waals surface area contributed by atoms with Gasteiger partial charge in [-0.1, -0.05) is 0 Å². The van der Waals surface area contributed by atoms with Crippen molar-refractivity contribution in [2.75, 3.05) is 6.61 Å². The van der Waals surface area contributed by atoms with Crippen molar-refractivity contribution in [3.8, 4) is 0 Å². The second-order valence-corrected chi connectivity index (χ2v) is 4.75.